The van der Waals surface area contributed by atoms with Gasteiger partial charge in [-0.05, 0) is 51.1 Å². The second-order valence-corrected chi connectivity index (χ2v) is 7.59. The summed E-state index contributed by atoms with van der Waals surface area (Å²) in [6.45, 7) is 6.38. The van der Waals surface area contributed by atoms with Gasteiger partial charge in [0.1, 0.15) is 11.2 Å². The highest BCUT2D eigenvalue weighted by Gasteiger charge is 2.16. The smallest absolute Gasteiger partial charge is 0.261 e. The summed E-state index contributed by atoms with van der Waals surface area (Å²) in [6, 6.07) is 9.08. The number of hydrogen-bond donors (Lipinski definition) is 1. The van der Waals surface area contributed by atoms with Crippen LogP contribution in [0, 0.1) is 13.8 Å². The SMILES string of the molecule is CCn1cc(C(=O)Nc2ccc3sc(C)nc3c2)c(=O)c2ccc(C)nc21. The molecule has 0 atom stereocenters. The van der Waals surface area contributed by atoms with E-state index in [1.54, 1.807) is 29.7 Å². The van der Waals surface area contributed by atoms with Gasteiger partial charge in [-0.2, -0.15) is 0 Å². The summed E-state index contributed by atoms with van der Waals surface area (Å²) in [7, 11) is 0. The molecule has 0 spiro atoms. The molecule has 0 aliphatic heterocycles. The first-order valence-corrected chi connectivity index (χ1v) is 9.47. The molecule has 0 radical (unpaired) electrons. The fourth-order valence-electron chi connectivity index (χ4n) is 3.08. The molecular weight excluding hydrogens is 360 g/mol. The minimum atomic E-state index is -0.434. The number of benzene rings is 1. The van der Waals surface area contributed by atoms with Crippen molar-refractivity contribution in [3.63, 3.8) is 0 Å². The van der Waals surface area contributed by atoms with Gasteiger partial charge in [0.15, 0.2) is 0 Å². The van der Waals surface area contributed by atoms with Crippen LogP contribution in [0.3, 0.4) is 0 Å². The highest BCUT2D eigenvalue weighted by molar-refractivity contribution is 7.18. The van der Waals surface area contributed by atoms with E-state index in [-0.39, 0.29) is 11.0 Å². The Labute approximate surface area is 159 Å². The Bertz CT molecular complexity index is 1260. The van der Waals surface area contributed by atoms with Crippen LogP contribution in [-0.4, -0.2) is 20.4 Å². The number of rotatable bonds is 3. The van der Waals surface area contributed by atoms with E-state index in [0.717, 1.165) is 20.9 Å². The summed E-state index contributed by atoms with van der Waals surface area (Å²) in [5.41, 5.74) is 2.66. The fraction of sp³-hybridized carbons (Fsp3) is 0.200. The molecule has 0 bridgehead atoms. The number of fused-ring (bicyclic) bond motifs is 2. The molecule has 4 aromatic rings. The van der Waals surface area contributed by atoms with Crippen LogP contribution >= 0.6 is 11.3 Å². The predicted octanol–water partition coefficient (Wildman–Crippen LogP) is 3.90. The zero-order valence-corrected chi connectivity index (χ0v) is 16.1. The molecule has 3 heterocycles. The van der Waals surface area contributed by atoms with E-state index in [2.05, 4.69) is 15.3 Å². The van der Waals surface area contributed by atoms with Crippen molar-refractivity contribution in [2.45, 2.75) is 27.3 Å². The first-order chi connectivity index (χ1) is 13.0. The number of aryl methyl sites for hydroxylation is 3. The van der Waals surface area contributed by atoms with Crippen molar-refractivity contribution < 1.29 is 4.79 Å². The predicted molar refractivity (Wildman–Crippen MR) is 109 cm³/mol. The quantitative estimate of drug-likeness (QED) is 0.587. The van der Waals surface area contributed by atoms with E-state index >= 15 is 0 Å². The van der Waals surface area contributed by atoms with Gasteiger partial charge >= 0.3 is 0 Å². The molecule has 27 heavy (non-hydrogen) atoms. The first-order valence-electron chi connectivity index (χ1n) is 8.65. The van der Waals surface area contributed by atoms with E-state index in [9.17, 15) is 9.59 Å². The Morgan fingerprint density at radius 2 is 2.00 bits per heavy atom. The molecule has 0 saturated heterocycles. The van der Waals surface area contributed by atoms with E-state index in [0.29, 0.717) is 23.3 Å². The van der Waals surface area contributed by atoms with E-state index in [1.165, 1.54) is 0 Å². The Morgan fingerprint density at radius 1 is 1.19 bits per heavy atom. The van der Waals surface area contributed by atoms with Crippen LogP contribution in [0.1, 0.15) is 28.0 Å². The highest BCUT2D eigenvalue weighted by Crippen LogP contribution is 2.24. The molecule has 0 fully saturated rings. The topological polar surface area (TPSA) is 76.9 Å². The zero-order chi connectivity index (χ0) is 19.1. The Hall–Kier alpha value is -3.06. The first kappa shape index (κ1) is 17.4. The summed E-state index contributed by atoms with van der Waals surface area (Å²) >= 11 is 1.60. The summed E-state index contributed by atoms with van der Waals surface area (Å²) in [5, 5.41) is 4.23. The summed E-state index contributed by atoms with van der Waals surface area (Å²) in [5.74, 6) is -0.434. The Balaban J connectivity index is 1.76. The number of hydrogen-bond acceptors (Lipinski definition) is 5. The maximum atomic E-state index is 12.8. The number of pyridine rings is 2. The summed E-state index contributed by atoms with van der Waals surface area (Å²) < 4.78 is 2.89. The van der Waals surface area contributed by atoms with Gasteiger partial charge in [-0.15, -0.1) is 11.3 Å². The monoisotopic (exact) mass is 378 g/mol. The van der Waals surface area contributed by atoms with Crippen LogP contribution in [0.2, 0.25) is 0 Å². The van der Waals surface area contributed by atoms with Gasteiger partial charge in [0.05, 0.1) is 20.6 Å². The van der Waals surface area contributed by atoms with Crippen molar-refractivity contribution in [2.24, 2.45) is 0 Å². The molecule has 1 aromatic carbocycles. The third kappa shape index (κ3) is 3.10. The standard InChI is InChI=1S/C20H18N4O2S/c1-4-24-10-15(18(25)14-7-5-11(2)21-19(14)24)20(26)23-13-6-8-17-16(9-13)22-12(3)27-17/h5-10H,4H2,1-3H3,(H,23,26). The highest BCUT2D eigenvalue weighted by atomic mass is 32.1. The molecule has 4 rings (SSSR count). The van der Waals surface area contributed by atoms with Crippen LogP contribution in [-0.2, 0) is 6.54 Å². The Morgan fingerprint density at radius 3 is 2.78 bits per heavy atom. The number of anilines is 1. The molecule has 3 aromatic heterocycles. The molecule has 0 aliphatic carbocycles. The molecule has 136 valence electrons. The normalized spacial score (nSPS) is 11.2. The maximum absolute atomic E-state index is 12.8. The average Bonchev–Trinajstić information content (AvgIpc) is 3.01. The third-order valence-corrected chi connectivity index (χ3v) is 5.35. The zero-order valence-electron chi connectivity index (χ0n) is 15.2. The van der Waals surface area contributed by atoms with Crippen molar-refractivity contribution in [3.05, 3.63) is 63.0 Å². The molecular formula is C20H18N4O2S. The lowest BCUT2D eigenvalue weighted by molar-refractivity contribution is 0.102. The lowest BCUT2D eigenvalue weighted by atomic mass is 10.1. The number of aromatic nitrogens is 3. The van der Waals surface area contributed by atoms with Gasteiger partial charge in [0, 0.05) is 24.1 Å². The van der Waals surface area contributed by atoms with Gasteiger partial charge in [-0.25, -0.2) is 9.97 Å². The summed E-state index contributed by atoms with van der Waals surface area (Å²) in [4.78, 5) is 34.5. The fourth-order valence-corrected chi connectivity index (χ4v) is 3.89. The van der Waals surface area contributed by atoms with Gasteiger partial charge in [0.25, 0.3) is 5.91 Å². The van der Waals surface area contributed by atoms with Crippen molar-refractivity contribution >= 4 is 44.2 Å². The molecule has 6 nitrogen and oxygen atoms in total. The number of amides is 1. The van der Waals surface area contributed by atoms with Crippen LogP contribution in [0.15, 0.2) is 41.3 Å². The van der Waals surface area contributed by atoms with E-state index in [4.69, 9.17) is 0 Å². The lowest BCUT2D eigenvalue weighted by Gasteiger charge is -2.11. The van der Waals surface area contributed by atoms with Crippen molar-refractivity contribution in [3.8, 4) is 0 Å². The van der Waals surface area contributed by atoms with Gasteiger partial charge in [-0.1, -0.05) is 0 Å². The number of nitrogens with one attached hydrogen (secondary N) is 1. The van der Waals surface area contributed by atoms with E-state index < -0.39 is 5.91 Å². The van der Waals surface area contributed by atoms with Gasteiger partial charge in [0.2, 0.25) is 5.43 Å². The minimum absolute atomic E-state index is 0.101. The molecule has 0 saturated carbocycles. The lowest BCUT2D eigenvalue weighted by Crippen LogP contribution is -2.24. The third-order valence-electron chi connectivity index (χ3n) is 4.40. The molecule has 1 amide bonds. The second kappa shape index (κ2) is 6.59. The molecule has 1 N–H and O–H groups in total. The van der Waals surface area contributed by atoms with Crippen molar-refractivity contribution in [2.75, 3.05) is 5.32 Å². The number of thiazole rings is 1. The van der Waals surface area contributed by atoms with E-state index in [1.807, 2.05) is 43.5 Å². The van der Waals surface area contributed by atoms with Crippen LogP contribution in [0.5, 0.6) is 0 Å². The average molecular weight is 378 g/mol. The molecule has 0 aliphatic rings. The van der Waals surface area contributed by atoms with Crippen molar-refractivity contribution in [1.82, 2.24) is 14.5 Å². The number of carbonyl (C=O) groups is 1. The number of carbonyl (C=O) groups excluding carboxylic acids is 1. The second-order valence-electron chi connectivity index (χ2n) is 6.35. The minimum Gasteiger partial charge on any atom is -0.332 e. The van der Waals surface area contributed by atoms with Gasteiger partial charge < -0.3 is 9.88 Å². The van der Waals surface area contributed by atoms with Crippen LogP contribution in [0.25, 0.3) is 21.3 Å². The van der Waals surface area contributed by atoms with Crippen molar-refractivity contribution in [1.29, 1.82) is 0 Å². The molecule has 0 unspecified atom stereocenters. The molecule has 7 heteroatoms. The van der Waals surface area contributed by atoms with Gasteiger partial charge in [-0.3, -0.25) is 9.59 Å². The maximum Gasteiger partial charge on any atom is 0.261 e. The number of nitrogens with zero attached hydrogens (tertiary/aromatic N) is 3. The van der Waals surface area contributed by atoms with Crippen LogP contribution < -0.4 is 10.7 Å². The van der Waals surface area contributed by atoms with Crippen LogP contribution in [0.4, 0.5) is 5.69 Å². The Kier molecular flexibility index (Phi) is 4.24. The summed E-state index contributed by atoms with van der Waals surface area (Å²) in [6.07, 6.45) is 1.58. The largest absolute Gasteiger partial charge is 0.332 e.